The first-order valence-corrected chi connectivity index (χ1v) is 7.89. The number of amides is 1. The lowest BCUT2D eigenvalue weighted by Crippen LogP contribution is -2.25. The number of benzene rings is 2. The molecule has 2 N–H and O–H groups in total. The number of hydrogen-bond donors (Lipinski definition) is 2. The van der Waals surface area contributed by atoms with E-state index in [0.717, 1.165) is 5.69 Å². The van der Waals surface area contributed by atoms with Crippen LogP contribution in [0.3, 0.4) is 0 Å². The van der Waals surface area contributed by atoms with Crippen molar-refractivity contribution < 1.29 is 9.53 Å². The molecule has 1 heterocycles. The van der Waals surface area contributed by atoms with Crippen LogP contribution in [-0.4, -0.2) is 22.7 Å². The zero-order chi connectivity index (χ0) is 16.4. The van der Waals surface area contributed by atoms with E-state index in [-0.39, 0.29) is 5.92 Å². The van der Waals surface area contributed by atoms with Gasteiger partial charge >= 0.3 is 6.09 Å². The van der Waals surface area contributed by atoms with Crippen molar-refractivity contribution in [2.45, 2.75) is 12.5 Å². The molecule has 0 saturated carbocycles. The number of aromatic nitrogens is 2. The fourth-order valence-corrected chi connectivity index (χ4v) is 3.20. The van der Waals surface area contributed by atoms with E-state index in [1.807, 2.05) is 24.3 Å². The number of imidazole rings is 1. The minimum atomic E-state index is -0.425. The minimum Gasteiger partial charge on any atom is -0.449 e. The fourth-order valence-electron chi connectivity index (χ4n) is 3.20. The molecule has 1 aromatic heterocycles. The molecule has 1 aliphatic carbocycles. The third-order valence-corrected chi connectivity index (χ3v) is 4.32. The lowest BCUT2D eigenvalue weighted by atomic mass is 9.98. The Balaban J connectivity index is 1.45. The van der Waals surface area contributed by atoms with Crippen LogP contribution in [0.2, 0.25) is 0 Å². The summed E-state index contributed by atoms with van der Waals surface area (Å²) in [7, 11) is 0. The molecule has 0 aliphatic heterocycles. The van der Waals surface area contributed by atoms with Crippen molar-refractivity contribution in [1.29, 1.82) is 0 Å². The van der Waals surface area contributed by atoms with Crippen molar-refractivity contribution in [2.75, 3.05) is 6.61 Å². The third-order valence-electron chi connectivity index (χ3n) is 4.32. The Hall–Kier alpha value is -3.08. The van der Waals surface area contributed by atoms with Crippen molar-refractivity contribution in [2.24, 2.45) is 0 Å². The minimum absolute atomic E-state index is 0.0790. The maximum Gasteiger partial charge on any atom is 0.407 e. The highest BCUT2D eigenvalue weighted by molar-refractivity contribution is 5.79. The lowest BCUT2D eigenvalue weighted by molar-refractivity contribution is 0.142. The number of aromatic amines is 1. The quantitative estimate of drug-likeness (QED) is 0.774. The van der Waals surface area contributed by atoms with Crippen molar-refractivity contribution in [3.8, 4) is 11.1 Å². The van der Waals surface area contributed by atoms with Gasteiger partial charge in [-0.15, -0.1) is 0 Å². The maximum atomic E-state index is 12.0. The highest BCUT2D eigenvalue weighted by atomic mass is 16.5. The first-order valence-electron chi connectivity index (χ1n) is 7.89. The van der Waals surface area contributed by atoms with Gasteiger partial charge in [-0.2, -0.15) is 0 Å². The molecule has 0 unspecified atom stereocenters. The van der Waals surface area contributed by atoms with Crippen LogP contribution in [0, 0.1) is 0 Å². The zero-order valence-electron chi connectivity index (χ0n) is 13.0. The SMILES string of the molecule is O=C(NCc1cnc[nH]1)OCC1c2ccccc2-c2ccccc21. The summed E-state index contributed by atoms with van der Waals surface area (Å²) in [4.78, 5) is 18.8. The second kappa shape index (κ2) is 6.20. The van der Waals surface area contributed by atoms with Gasteiger partial charge in [0.2, 0.25) is 0 Å². The fraction of sp³-hybridized carbons (Fsp3) is 0.158. The number of nitrogens with one attached hydrogen (secondary N) is 2. The van der Waals surface area contributed by atoms with Crippen LogP contribution < -0.4 is 5.32 Å². The Morgan fingerprint density at radius 3 is 2.38 bits per heavy atom. The number of fused-ring (bicyclic) bond motifs is 3. The van der Waals surface area contributed by atoms with E-state index >= 15 is 0 Å². The molecule has 3 aromatic rings. The van der Waals surface area contributed by atoms with Gasteiger partial charge in [0.25, 0.3) is 0 Å². The van der Waals surface area contributed by atoms with Gasteiger partial charge in [0.1, 0.15) is 6.61 Å². The van der Waals surface area contributed by atoms with E-state index in [9.17, 15) is 4.79 Å². The predicted molar refractivity (Wildman–Crippen MR) is 90.5 cm³/mol. The molecule has 24 heavy (non-hydrogen) atoms. The van der Waals surface area contributed by atoms with Crippen LogP contribution in [0.5, 0.6) is 0 Å². The molecule has 2 aromatic carbocycles. The number of rotatable bonds is 4. The molecule has 120 valence electrons. The summed E-state index contributed by atoms with van der Waals surface area (Å²) in [5.41, 5.74) is 5.70. The van der Waals surface area contributed by atoms with Crippen LogP contribution in [0.1, 0.15) is 22.7 Å². The second-order valence-corrected chi connectivity index (χ2v) is 5.76. The summed E-state index contributed by atoms with van der Waals surface area (Å²) in [5, 5.41) is 2.72. The Morgan fingerprint density at radius 2 is 1.75 bits per heavy atom. The van der Waals surface area contributed by atoms with E-state index in [1.165, 1.54) is 22.3 Å². The third kappa shape index (κ3) is 2.65. The highest BCUT2D eigenvalue weighted by Crippen LogP contribution is 2.44. The van der Waals surface area contributed by atoms with Gasteiger partial charge in [-0.3, -0.25) is 0 Å². The summed E-state index contributed by atoms with van der Waals surface area (Å²) in [5.74, 6) is 0.0790. The van der Waals surface area contributed by atoms with Gasteiger partial charge in [0.15, 0.2) is 0 Å². The number of H-pyrrole nitrogens is 1. The number of alkyl carbamates (subject to hydrolysis) is 1. The molecule has 5 heteroatoms. The molecule has 4 rings (SSSR count). The smallest absolute Gasteiger partial charge is 0.407 e. The summed E-state index contributed by atoms with van der Waals surface area (Å²) >= 11 is 0. The molecule has 1 aliphatic rings. The van der Waals surface area contributed by atoms with Crippen molar-refractivity contribution in [3.05, 3.63) is 77.9 Å². The molecule has 0 fully saturated rings. The van der Waals surface area contributed by atoms with Gasteiger partial charge in [-0.05, 0) is 22.3 Å². The average Bonchev–Trinajstić information content (AvgIpc) is 3.25. The molecule has 5 nitrogen and oxygen atoms in total. The van der Waals surface area contributed by atoms with E-state index in [4.69, 9.17) is 4.74 Å². The normalized spacial score (nSPS) is 12.5. The molecule has 0 radical (unpaired) electrons. The van der Waals surface area contributed by atoms with Gasteiger partial charge in [0.05, 0.1) is 18.6 Å². The number of hydrogen-bond acceptors (Lipinski definition) is 3. The van der Waals surface area contributed by atoms with E-state index in [0.29, 0.717) is 13.2 Å². The van der Waals surface area contributed by atoms with Gasteiger partial charge in [-0.1, -0.05) is 48.5 Å². The standard InChI is InChI=1S/C19H17N3O2/c23-19(21-10-13-9-20-12-22-13)24-11-18-16-7-3-1-5-14(16)15-6-2-4-8-17(15)18/h1-9,12,18H,10-11H2,(H,20,22)(H,21,23). The first-order chi connectivity index (χ1) is 11.8. The largest absolute Gasteiger partial charge is 0.449 e. The summed E-state index contributed by atoms with van der Waals surface area (Å²) < 4.78 is 5.45. The monoisotopic (exact) mass is 319 g/mol. The van der Waals surface area contributed by atoms with Crippen LogP contribution in [0.15, 0.2) is 61.1 Å². The Bertz CT molecular complexity index is 813. The van der Waals surface area contributed by atoms with Crippen LogP contribution >= 0.6 is 0 Å². The molecule has 0 atom stereocenters. The van der Waals surface area contributed by atoms with Crippen LogP contribution in [-0.2, 0) is 11.3 Å². The molecular weight excluding hydrogens is 302 g/mol. The molecule has 0 spiro atoms. The van der Waals surface area contributed by atoms with E-state index in [2.05, 4.69) is 39.6 Å². The Morgan fingerprint density at radius 1 is 1.08 bits per heavy atom. The van der Waals surface area contributed by atoms with Crippen molar-refractivity contribution >= 4 is 6.09 Å². The van der Waals surface area contributed by atoms with Crippen LogP contribution in [0.4, 0.5) is 4.79 Å². The number of nitrogens with zero attached hydrogens (tertiary/aromatic N) is 1. The molecule has 1 amide bonds. The van der Waals surface area contributed by atoms with Crippen LogP contribution in [0.25, 0.3) is 11.1 Å². The van der Waals surface area contributed by atoms with E-state index < -0.39 is 6.09 Å². The van der Waals surface area contributed by atoms with Crippen molar-refractivity contribution in [3.63, 3.8) is 0 Å². The predicted octanol–water partition coefficient (Wildman–Crippen LogP) is 3.45. The van der Waals surface area contributed by atoms with Gasteiger partial charge in [0, 0.05) is 12.1 Å². The zero-order valence-corrected chi connectivity index (χ0v) is 13.0. The first kappa shape index (κ1) is 14.5. The highest BCUT2D eigenvalue weighted by Gasteiger charge is 2.28. The topological polar surface area (TPSA) is 67.0 Å². The summed E-state index contributed by atoms with van der Waals surface area (Å²) in [6.07, 6.45) is 2.82. The van der Waals surface area contributed by atoms with Gasteiger partial charge in [-0.25, -0.2) is 9.78 Å². The number of carbonyl (C=O) groups is 1. The molecule has 0 saturated heterocycles. The van der Waals surface area contributed by atoms with Crippen molar-refractivity contribution in [1.82, 2.24) is 15.3 Å². The second-order valence-electron chi connectivity index (χ2n) is 5.76. The van der Waals surface area contributed by atoms with Gasteiger partial charge < -0.3 is 15.0 Å². The number of carbonyl (C=O) groups excluding carboxylic acids is 1. The molecule has 0 bridgehead atoms. The summed E-state index contributed by atoms with van der Waals surface area (Å²) in [6.45, 7) is 0.694. The average molecular weight is 319 g/mol. The van der Waals surface area contributed by atoms with E-state index in [1.54, 1.807) is 12.5 Å². The Labute approximate surface area is 139 Å². The number of ether oxygens (including phenoxy) is 1. The summed E-state index contributed by atoms with van der Waals surface area (Å²) in [6, 6.07) is 16.6. The maximum absolute atomic E-state index is 12.0. The lowest BCUT2D eigenvalue weighted by Gasteiger charge is -2.14. The molecular formula is C19H17N3O2. The Kier molecular flexibility index (Phi) is 3.75.